The van der Waals surface area contributed by atoms with Gasteiger partial charge in [-0.15, -0.1) is 0 Å². The summed E-state index contributed by atoms with van der Waals surface area (Å²) >= 11 is 0. The van der Waals surface area contributed by atoms with Gasteiger partial charge >= 0.3 is 0 Å². The van der Waals surface area contributed by atoms with Crippen LogP contribution in [0.5, 0.6) is 0 Å². The Labute approximate surface area is 129 Å². The van der Waals surface area contributed by atoms with E-state index < -0.39 is 6.04 Å². The Morgan fingerprint density at radius 2 is 1.91 bits per heavy atom. The van der Waals surface area contributed by atoms with Gasteiger partial charge in [-0.05, 0) is 31.4 Å². The largest absolute Gasteiger partial charge is 0.327 e. The number of para-hydroxylation sites is 1. The van der Waals surface area contributed by atoms with Gasteiger partial charge in [0.25, 0.3) is 11.8 Å². The number of carbonyl (C=O) groups excluding carboxylic acids is 3. The van der Waals surface area contributed by atoms with Crippen LogP contribution >= 0.6 is 0 Å². The lowest BCUT2D eigenvalue weighted by molar-refractivity contribution is -0.131. The minimum Gasteiger partial charge on any atom is -0.327 e. The van der Waals surface area contributed by atoms with E-state index in [2.05, 4.69) is 0 Å². The molecule has 1 atom stereocenters. The molecule has 0 saturated carbocycles. The standard InChI is InChI=1S/C17H20N2O3/c1-11(2)15(20)19-13-8-4-3-7-12(13)16(21)18-10-6-5-9-14(18)17(19)22/h3-4,7-8,11,14H,5-6,9-10H2,1-2H3/t14-/m1/s1. The van der Waals surface area contributed by atoms with Crippen molar-refractivity contribution in [2.24, 2.45) is 5.92 Å². The summed E-state index contributed by atoms with van der Waals surface area (Å²) in [6.45, 7) is 4.11. The molecule has 1 saturated heterocycles. The molecular weight excluding hydrogens is 280 g/mol. The molecule has 22 heavy (non-hydrogen) atoms. The van der Waals surface area contributed by atoms with Gasteiger partial charge in [0, 0.05) is 12.5 Å². The Bertz CT molecular complexity index is 639. The molecule has 1 aromatic carbocycles. The molecular formula is C17H20N2O3. The zero-order valence-electron chi connectivity index (χ0n) is 12.9. The number of imide groups is 1. The number of carbonyl (C=O) groups is 3. The SMILES string of the molecule is CC(C)C(=O)N1C(=O)[C@H]2CCCCN2C(=O)c2ccccc21. The van der Waals surface area contributed by atoms with E-state index in [9.17, 15) is 14.4 Å². The Morgan fingerprint density at radius 3 is 2.64 bits per heavy atom. The van der Waals surface area contributed by atoms with E-state index in [1.807, 2.05) is 0 Å². The maximum atomic E-state index is 12.9. The van der Waals surface area contributed by atoms with Gasteiger partial charge in [-0.1, -0.05) is 26.0 Å². The number of amides is 3. The minimum atomic E-state index is -0.517. The lowest BCUT2D eigenvalue weighted by atomic mass is 10.0. The smallest absolute Gasteiger partial charge is 0.256 e. The van der Waals surface area contributed by atoms with E-state index in [0.29, 0.717) is 24.2 Å². The van der Waals surface area contributed by atoms with Gasteiger partial charge < -0.3 is 4.90 Å². The number of nitrogens with zero attached hydrogens (tertiary/aromatic N) is 2. The third-order valence-electron chi connectivity index (χ3n) is 4.36. The molecule has 0 spiro atoms. The number of fused-ring (bicyclic) bond motifs is 2. The summed E-state index contributed by atoms with van der Waals surface area (Å²) in [7, 11) is 0. The second-order valence-electron chi connectivity index (χ2n) is 6.19. The highest BCUT2D eigenvalue weighted by Gasteiger charge is 2.42. The zero-order valence-corrected chi connectivity index (χ0v) is 12.9. The quantitative estimate of drug-likeness (QED) is 0.799. The molecule has 1 fully saturated rings. The monoisotopic (exact) mass is 300 g/mol. The average molecular weight is 300 g/mol. The molecule has 5 nitrogen and oxygen atoms in total. The van der Waals surface area contributed by atoms with Gasteiger partial charge in [0.2, 0.25) is 5.91 Å². The molecule has 0 aliphatic carbocycles. The molecule has 2 heterocycles. The van der Waals surface area contributed by atoms with E-state index in [1.54, 1.807) is 43.0 Å². The summed E-state index contributed by atoms with van der Waals surface area (Å²) in [5.74, 6) is -0.968. The van der Waals surface area contributed by atoms with E-state index >= 15 is 0 Å². The summed E-state index contributed by atoms with van der Waals surface area (Å²) in [6.07, 6.45) is 2.43. The van der Waals surface area contributed by atoms with Crippen LogP contribution in [0.2, 0.25) is 0 Å². The van der Waals surface area contributed by atoms with Gasteiger partial charge in [-0.2, -0.15) is 0 Å². The van der Waals surface area contributed by atoms with Crippen molar-refractivity contribution in [1.82, 2.24) is 4.90 Å². The van der Waals surface area contributed by atoms with Crippen molar-refractivity contribution >= 4 is 23.4 Å². The van der Waals surface area contributed by atoms with Crippen LogP contribution in [0.4, 0.5) is 5.69 Å². The molecule has 2 aliphatic rings. The third-order valence-corrected chi connectivity index (χ3v) is 4.36. The summed E-state index contributed by atoms with van der Waals surface area (Å²) < 4.78 is 0. The van der Waals surface area contributed by atoms with Crippen LogP contribution in [0, 0.1) is 5.92 Å². The van der Waals surface area contributed by atoms with Crippen LogP contribution in [0.15, 0.2) is 24.3 Å². The summed E-state index contributed by atoms with van der Waals surface area (Å²) in [5, 5.41) is 0. The fourth-order valence-corrected chi connectivity index (χ4v) is 3.19. The first-order valence-electron chi connectivity index (χ1n) is 7.80. The van der Waals surface area contributed by atoms with E-state index in [4.69, 9.17) is 0 Å². The maximum absolute atomic E-state index is 12.9. The zero-order chi connectivity index (χ0) is 15.9. The number of hydrogen-bond acceptors (Lipinski definition) is 3. The molecule has 116 valence electrons. The molecule has 0 bridgehead atoms. The third kappa shape index (κ3) is 2.21. The molecule has 0 unspecified atom stereocenters. The first kappa shape index (κ1) is 14.8. The highest BCUT2D eigenvalue weighted by Crippen LogP contribution is 2.32. The van der Waals surface area contributed by atoms with E-state index in [-0.39, 0.29) is 23.6 Å². The normalized spacial score (nSPS) is 21.5. The van der Waals surface area contributed by atoms with Gasteiger partial charge in [0.1, 0.15) is 6.04 Å². The van der Waals surface area contributed by atoms with Crippen LogP contribution in [0.1, 0.15) is 43.5 Å². The number of anilines is 1. The number of rotatable bonds is 1. The number of hydrogen-bond donors (Lipinski definition) is 0. The summed E-state index contributed by atoms with van der Waals surface area (Å²) in [4.78, 5) is 41.2. The van der Waals surface area contributed by atoms with Gasteiger partial charge in [0.05, 0.1) is 11.3 Å². The molecule has 1 aromatic rings. The maximum Gasteiger partial charge on any atom is 0.256 e. The van der Waals surface area contributed by atoms with Crippen molar-refractivity contribution in [3.05, 3.63) is 29.8 Å². The van der Waals surface area contributed by atoms with Crippen molar-refractivity contribution in [1.29, 1.82) is 0 Å². The van der Waals surface area contributed by atoms with E-state index in [0.717, 1.165) is 12.8 Å². The molecule has 5 heteroatoms. The molecule has 0 radical (unpaired) electrons. The topological polar surface area (TPSA) is 57.7 Å². The van der Waals surface area contributed by atoms with Gasteiger partial charge in [0.15, 0.2) is 0 Å². The molecule has 3 rings (SSSR count). The van der Waals surface area contributed by atoms with Crippen molar-refractivity contribution in [2.45, 2.75) is 39.2 Å². The Balaban J connectivity index is 2.16. The van der Waals surface area contributed by atoms with E-state index in [1.165, 1.54) is 4.90 Å². The van der Waals surface area contributed by atoms with Crippen molar-refractivity contribution in [3.63, 3.8) is 0 Å². The highest BCUT2D eigenvalue weighted by atomic mass is 16.2. The lowest BCUT2D eigenvalue weighted by Gasteiger charge is -2.34. The van der Waals surface area contributed by atoms with Crippen molar-refractivity contribution < 1.29 is 14.4 Å². The average Bonchev–Trinajstić information content (AvgIpc) is 2.62. The molecule has 2 aliphatic heterocycles. The predicted molar refractivity (Wildman–Crippen MR) is 82.4 cm³/mol. The molecule has 3 amide bonds. The Hall–Kier alpha value is -2.17. The fourth-order valence-electron chi connectivity index (χ4n) is 3.19. The fraction of sp³-hybridized carbons (Fsp3) is 0.471. The molecule has 0 N–H and O–H groups in total. The summed E-state index contributed by atoms with van der Waals surface area (Å²) in [5.41, 5.74) is 0.861. The van der Waals surface area contributed by atoms with Crippen LogP contribution in [0.3, 0.4) is 0 Å². The van der Waals surface area contributed by atoms with Crippen molar-refractivity contribution in [3.8, 4) is 0 Å². The van der Waals surface area contributed by atoms with Crippen LogP contribution in [0.25, 0.3) is 0 Å². The second kappa shape index (κ2) is 5.55. The first-order valence-corrected chi connectivity index (χ1v) is 7.80. The molecule has 0 aromatic heterocycles. The Morgan fingerprint density at radius 1 is 1.18 bits per heavy atom. The van der Waals surface area contributed by atoms with Gasteiger partial charge in [-0.25, -0.2) is 4.90 Å². The Kier molecular flexibility index (Phi) is 3.72. The van der Waals surface area contributed by atoms with Crippen LogP contribution in [-0.2, 0) is 9.59 Å². The predicted octanol–water partition coefficient (Wildman–Crippen LogP) is 2.21. The van der Waals surface area contributed by atoms with Crippen LogP contribution in [-0.4, -0.2) is 35.2 Å². The van der Waals surface area contributed by atoms with Crippen LogP contribution < -0.4 is 4.90 Å². The van der Waals surface area contributed by atoms with Crippen molar-refractivity contribution in [2.75, 3.05) is 11.4 Å². The minimum absolute atomic E-state index is 0.146. The lowest BCUT2D eigenvalue weighted by Crippen LogP contribution is -2.52. The highest BCUT2D eigenvalue weighted by molar-refractivity contribution is 6.22. The number of benzene rings is 1. The first-order chi connectivity index (χ1) is 10.5. The second-order valence-corrected chi connectivity index (χ2v) is 6.19. The summed E-state index contributed by atoms with van der Waals surface area (Å²) in [6, 6.07) is 6.39. The van der Waals surface area contributed by atoms with Gasteiger partial charge in [-0.3, -0.25) is 14.4 Å². The number of piperidine rings is 1.